The number of alkyl carbamates (subject to hydrolysis) is 1. The molecule has 0 radical (unpaired) electrons. The summed E-state index contributed by atoms with van der Waals surface area (Å²) in [5, 5.41) is 9.71. The van der Waals surface area contributed by atoms with Crippen molar-refractivity contribution < 1.29 is 9.53 Å². The van der Waals surface area contributed by atoms with Crippen molar-refractivity contribution in [3.8, 4) is 0 Å². The van der Waals surface area contributed by atoms with Crippen LogP contribution in [0.3, 0.4) is 0 Å². The summed E-state index contributed by atoms with van der Waals surface area (Å²) in [6, 6.07) is 0.101. The van der Waals surface area contributed by atoms with Crippen LogP contribution in [0.2, 0.25) is 0 Å². The summed E-state index contributed by atoms with van der Waals surface area (Å²) in [5.74, 6) is 2.60. The monoisotopic (exact) mass is 342 g/mol. The summed E-state index contributed by atoms with van der Waals surface area (Å²) in [7, 11) is 1.78. The standard InChI is InChI=1S/C16H30N4O2S/c1-4-22-15(21)20-13(12-6-7-12)10-18-14(17-3)19-11-16(2)8-5-9-23-16/h12-13H,4-11H2,1-3H3,(H,20,21)(H2,17,18,19). The van der Waals surface area contributed by atoms with E-state index >= 15 is 0 Å². The van der Waals surface area contributed by atoms with Crippen LogP contribution in [-0.2, 0) is 4.74 Å². The van der Waals surface area contributed by atoms with Crippen molar-refractivity contribution >= 4 is 23.8 Å². The Hall–Kier alpha value is -1.11. The molecule has 7 heteroatoms. The van der Waals surface area contributed by atoms with Gasteiger partial charge in [0.2, 0.25) is 0 Å². The van der Waals surface area contributed by atoms with Gasteiger partial charge in [0.15, 0.2) is 5.96 Å². The Labute approximate surface area is 143 Å². The fraction of sp³-hybridized carbons (Fsp3) is 0.875. The fourth-order valence-electron chi connectivity index (χ4n) is 2.83. The molecular formula is C16H30N4O2S. The number of rotatable bonds is 7. The number of hydrogen-bond acceptors (Lipinski definition) is 4. The van der Waals surface area contributed by atoms with Gasteiger partial charge in [-0.1, -0.05) is 0 Å². The Kier molecular flexibility index (Phi) is 6.87. The lowest BCUT2D eigenvalue weighted by Crippen LogP contribution is -2.50. The van der Waals surface area contributed by atoms with Crippen molar-refractivity contribution in [2.45, 2.75) is 50.3 Å². The SMILES string of the molecule is CCOC(=O)NC(CNC(=NC)NCC1(C)CCCS1)C1CC1. The van der Waals surface area contributed by atoms with Crippen LogP contribution >= 0.6 is 11.8 Å². The van der Waals surface area contributed by atoms with Gasteiger partial charge in [-0.2, -0.15) is 11.8 Å². The summed E-state index contributed by atoms with van der Waals surface area (Å²) >= 11 is 2.03. The summed E-state index contributed by atoms with van der Waals surface area (Å²) in [5.41, 5.74) is 0. The van der Waals surface area contributed by atoms with Gasteiger partial charge in [-0.15, -0.1) is 0 Å². The largest absolute Gasteiger partial charge is 0.450 e. The predicted octanol–water partition coefficient (Wildman–Crippen LogP) is 1.96. The molecule has 2 rings (SSSR count). The van der Waals surface area contributed by atoms with Crippen LogP contribution in [0, 0.1) is 5.92 Å². The van der Waals surface area contributed by atoms with Crippen LogP contribution in [0.4, 0.5) is 4.79 Å². The van der Waals surface area contributed by atoms with Crippen molar-refractivity contribution in [1.29, 1.82) is 0 Å². The van der Waals surface area contributed by atoms with Crippen LogP contribution in [0.1, 0.15) is 39.5 Å². The molecule has 0 spiro atoms. The maximum absolute atomic E-state index is 11.6. The molecule has 2 fully saturated rings. The second-order valence-corrected chi connectivity index (χ2v) is 8.20. The lowest BCUT2D eigenvalue weighted by molar-refractivity contribution is 0.146. The average Bonchev–Trinajstić information content (AvgIpc) is 3.28. The second kappa shape index (κ2) is 8.66. The molecule has 1 amide bonds. The van der Waals surface area contributed by atoms with Crippen LogP contribution in [0.25, 0.3) is 0 Å². The molecule has 0 aromatic heterocycles. The van der Waals surface area contributed by atoms with Gasteiger partial charge in [0.05, 0.1) is 12.6 Å². The van der Waals surface area contributed by atoms with Gasteiger partial charge >= 0.3 is 6.09 Å². The zero-order valence-corrected chi connectivity index (χ0v) is 15.3. The first-order valence-corrected chi connectivity index (χ1v) is 9.56. The summed E-state index contributed by atoms with van der Waals surface area (Å²) in [4.78, 5) is 15.9. The molecule has 0 bridgehead atoms. The van der Waals surface area contributed by atoms with Crippen molar-refractivity contribution in [1.82, 2.24) is 16.0 Å². The van der Waals surface area contributed by atoms with Gasteiger partial charge in [-0.3, -0.25) is 4.99 Å². The molecular weight excluding hydrogens is 312 g/mol. The highest BCUT2D eigenvalue weighted by Gasteiger charge is 2.33. The molecule has 1 aliphatic carbocycles. The van der Waals surface area contributed by atoms with E-state index in [-0.39, 0.29) is 12.1 Å². The minimum absolute atomic E-state index is 0.101. The van der Waals surface area contributed by atoms with Crippen molar-refractivity contribution in [2.75, 3.05) is 32.5 Å². The van der Waals surface area contributed by atoms with Crippen molar-refractivity contribution in [3.05, 3.63) is 0 Å². The summed E-state index contributed by atoms with van der Waals surface area (Å²) < 4.78 is 5.29. The van der Waals surface area contributed by atoms with E-state index in [1.807, 2.05) is 18.7 Å². The third-order valence-electron chi connectivity index (χ3n) is 4.41. The van der Waals surface area contributed by atoms with E-state index in [9.17, 15) is 4.79 Å². The molecule has 1 heterocycles. The van der Waals surface area contributed by atoms with Gasteiger partial charge in [0.25, 0.3) is 0 Å². The van der Waals surface area contributed by atoms with Gasteiger partial charge in [-0.05, 0) is 51.2 Å². The Morgan fingerprint density at radius 2 is 2.22 bits per heavy atom. The highest BCUT2D eigenvalue weighted by atomic mass is 32.2. The van der Waals surface area contributed by atoms with Crippen molar-refractivity contribution in [2.24, 2.45) is 10.9 Å². The smallest absolute Gasteiger partial charge is 0.407 e. The van der Waals surface area contributed by atoms with Gasteiger partial charge in [0, 0.05) is 24.9 Å². The molecule has 2 unspecified atom stereocenters. The maximum Gasteiger partial charge on any atom is 0.407 e. The summed E-state index contributed by atoms with van der Waals surface area (Å²) in [6.07, 6.45) is 4.54. The molecule has 23 heavy (non-hydrogen) atoms. The number of amides is 1. The van der Waals surface area contributed by atoms with E-state index in [4.69, 9.17) is 4.74 Å². The van der Waals surface area contributed by atoms with E-state index in [1.54, 1.807) is 7.05 Å². The van der Waals surface area contributed by atoms with E-state index in [0.717, 1.165) is 12.5 Å². The molecule has 132 valence electrons. The number of nitrogens with one attached hydrogen (secondary N) is 3. The number of carbonyl (C=O) groups is 1. The van der Waals surface area contributed by atoms with E-state index in [2.05, 4.69) is 27.9 Å². The molecule has 6 nitrogen and oxygen atoms in total. The fourth-order valence-corrected chi connectivity index (χ4v) is 4.08. The normalized spacial score (nSPS) is 25.8. The zero-order chi connectivity index (χ0) is 16.7. The number of carbonyl (C=O) groups excluding carboxylic acids is 1. The molecule has 3 N–H and O–H groups in total. The predicted molar refractivity (Wildman–Crippen MR) is 96.1 cm³/mol. The van der Waals surface area contributed by atoms with E-state index in [0.29, 0.717) is 23.8 Å². The Morgan fingerprint density at radius 3 is 2.78 bits per heavy atom. The van der Waals surface area contributed by atoms with E-state index in [1.165, 1.54) is 31.4 Å². The molecule has 0 aromatic rings. The molecule has 1 aliphatic heterocycles. The molecule has 0 aromatic carbocycles. The molecule has 1 saturated carbocycles. The van der Waals surface area contributed by atoms with E-state index < -0.39 is 0 Å². The minimum atomic E-state index is -0.330. The molecule has 1 saturated heterocycles. The lowest BCUT2D eigenvalue weighted by atomic mass is 10.1. The number of aliphatic imine (C=N–C) groups is 1. The Bertz CT molecular complexity index is 420. The Balaban J connectivity index is 1.75. The quantitative estimate of drug-likeness (QED) is 0.487. The number of ether oxygens (including phenoxy) is 1. The Morgan fingerprint density at radius 1 is 1.43 bits per heavy atom. The number of hydrogen-bond donors (Lipinski definition) is 3. The maximum atomic E-state index is 11.6. The first-order chi connectivity index (χ1) is 11.1. The number of thioether (sulfide) groups is 1. The van der Waals surface area contributed by atoms with Crippen molar-refractivity contribution in [3.63, 3.8) is 0 Å². The first kappa shape index (κ1) is 18.2. The van der Waals surface area contributed by atoms with Gasteiger partial charge in [-0.25, -0.2) is 4.79 Å². The van der Waals surface area contributed by atoms with Gasteiger partial charge < -0.3 is 20.7 Å². The van der Waals surface area contributed by atoms with Gasteiger partial charge in [0.1, 0.15) is 0 Å². The summed E-state index contributed by atoms with van der Waals surface area (Å²) in [6.45, 7) is 6.11. The third kappa shape index (κ3) is 6.12. The molecule has 2 atom stereocenters. The van der Waals surface area contributed by atoms with Crippen LogP contribution in [0.15, 0.2) is 4.99 Å². The first-order valence-electron chi connectivity index (χ1n) is 8.58. The highest BCUT2D eigenvalue weighted by molar-refractivity contribution is 8.00. The van der Waals surface area contributed by atoms with Crippen LogP contribution in [0.5, 0.6) is 0 Å². The molecule has 2 aliphatic rings. The number of guanidine groups is 1. The zero-order valence-electron chi connectivity index (χ0n) is 14.5. The average molecular weight is 343 g/mol. The topological polar surface area (TPSA) is 74.8 Å². The van der Waals surface area contributed by atoms with Crippen LogP contribution < -0.4 is 16.0 Å². The number of nitrogens with zero attached hydrogens (tertiary/aromatic N) is 1. The van der Waals surface area contributed by atoms with Crippen LogP contribution in [-0.4, -0.2) is 55.3 Å². The lowest BCUT2D eigenvalue weighted by Gasteiger charge is -2.25. The second-order valence-electron chi connectivity index (χ2n) is 6.52. The highest BCUT2D eigenvalue weighted by Crippen LogP contribution is 2.37. The third-order valence-corrected chi connectivity index (χ3v) is 5.95. The minimum Gasteiger partial charge on any atom is -0.450 e.